The number of nitrogens with one attached hydrogen (secondary N) is 1. The fraction of sp³-hybridized carbons (Fsp3) is 0.222. The predicted octanol–water partition coefficient (Wildman–Crippen LogP) is 2.09. The van der Waals surface area contributed by atoms with Crippen LogP contribution in [0.5, 0.6) is 0 Å². The molecule has 1 amide bonds. The molecule has 0 atom stereocenters. The van der Waals surface area contributed by atoms with Crippen LogP contribution in [0.3, 0.4) is 0 Å². The lowest BCUT2D eigenvalue weighted by Crippen LogP contribution is -2.03. The molecule has 1 N–H and O–H groups in total. The van der Waals surface area contributed by atoms with Crippen LogP contribution in [0, 0.1) is 10.5 Å². The number of carbonyl (C=O) groups is 1. The summed E-state index contributed by atoms with van der Waals surface area (Å²) in [7, 11) is 0. The number of halogens is 1. The van der Waals surface area contributed by atoms with Crippen LogP contribution in [-0.4, -0.2) is 5.91 Å². The number of hydrogen-bond acceptors (Lipinski definition) is 1. The summed E-state index contributed by atoms with van der Waals surface area (Å²) in [5.74, 6) is 0.105. The van der Waals surface area contributed by atoms with Crippen molar-refractivity contribution in [3.05, 3.63) is 26.8 Å². The molecule has 0 saturated heterocycles. The highest BCUT2D eigenvalue weighted by Gasteiger charge is 2.20. The Morgan fingerprint density at radius 2 is 2.25 bits per heavy atom. The maximum Gasteiger partial charge on any atom is 0.228 e. The number of aryl methyl sites for hydroxylation is 1. The zero-order chi connectivity index (χ0) is 8.72. The van der Waals surface area contributed by atoms with E-state index in [-0.39, 0.29) is 5.91 Å². The number of carbonyl (C=O) groups excluding carboxylic acids is 1. The van der Waals surface area contributed by atoms with Crippen molar-refractivity contribution >= 4 is 34.2 Å². The van der Waals surface area contributed by atoms with E-state index < -0.39 is 0 Å². The molecule has 1 aromatic rings. The minimum atomic E-state index is 0.105. The van der Waals surface area contributed by atoms with Gasteiger partial charge >= 0.3 is 0 Å². The summed E-state index contributed by atoms with van der Waals surface area (Å²) >= 11 is 2.29. The van der Waals surface area contributed by atoms with Gasteiger partial charge in [-0.2, -0.15) is 0 Å². The molecule has 0 spiro atoms. The quantitative estimate of drug-likeness (QED) is 0.720. The fourth-order valence-electron chi connectivity index (χ4n) is 1.38. The Hall–Kier alpha value is -0.580. The molecule has 0 radical (unpaired) electrons. The zero-order valence-electron chi connectivity index (χ0n) is 6.65. The van der Waals surface area contributed by atoms with Crippen molar-refractivity contribution in [1.82, 2.24) is 0 Å². The van der Waals surface area contributed by atoms with E-state index in [1.54, 1.807) is 0 Å². The monoisotopic (exact) mass is 273 g/mol. The van der Waals surface area contributed by atoms with Gasteiger partial charge in [0, 0.05) is 9.26 Å². The Morgan fingerprint density at radius 1 is 1.50 bits per heavy atom. The van der Waals surface area contributed by atoms with Gasteiger partial charge in [-0.15, -0.1) is 0 Å². The summed E-state index contributed by atoms with van der Waals surface area (Å²) in [5, 5.41) is 2.82. The summed E-state index contributed by atoms with van der Waals surface area (Å²) in [6.45, 7) is 2.06. The minimum absolute atomic E-state index is 0.105. The number of rotatable bonds is 0. The minimum Gasteiger partial charge on any atom is -0.325 e. The number of benzene rings is 1. The van der Waals surface area contributed by atoms with Crippen molar-refractivity contribution in [3.63, 3.8) is 0 Å². The lowest BCUT2D eigenvalue weighted by atomic mass is 10.1. The molecule has 0 fully saturated rings. The molecule has 1 heterocycles. The first-order chi connectivity index (χ1) is 5.68. The molecular weight excluding hydrogens is 265 g/mol. The highest BCUT2D eigenvalue weighted by molar-refractivity contribution is 14.1. The lowest BCUT2D eigenvalue weighted by molar-refractivity contribution is -0.115. The van der Waals surface area contributed by atoms with Gasteiger partial charge in [0.05, 0.1) is 6.42 Å². The molecule has 0 saturated carbocycles. The highest BCUT2D eigenvalue weighted by atomic mass is 127. The molecule has 0 bridgehead atoms. The molecule has 1 aliphatic heterocycles. The van der Waals surface area contributed by atoms with E-state index in [9.17, 15) is 4.79 Å². The predicted molar refractivity (Wildman–Crippen MR) is 56.2 cm³/mol. The van der Waals surface area contributed by atoms with Gasteiger partial charge < -0.3 is 5.32 Å². The second-order valence-corrected chi connectivity index (χ2v) is 4.03. The summed E-state index contributed by atoms with van der Waals surface area (Å²) in [5.41, 5.74) is 3.38. The average molecular weight is 273 g/mol. The van der Waals surface area contributed by atoms with Crippen LogP contribution in [0.2, 0.25) is 0 Å². The van der Waals surface area contributed by atoms with E-state index in [2.05, 4.69) is 34.8 Å². The Bertz CT molecular complexity index is 360. The second kappa shape index (κ2) is 2.73. The van der Waals surface area contributed by atoms with Gasteiger partial charge in [-0.1, -0.05) is 6.07 Å². The van der Waals surface area contributed by atoms with Crippen LogP contribution in [-0.2, 0) is 11.2 Å². The first-order valence-corrected chi connectivity index (χ1v) is 4.84. The van der Waals surface area contributed by atoms with Crippen molar-refractivity contribution in [3.8, 4) is 0 Å². The number of hydrogen-bond donors (Lipinski definition) is 1. The number of anilines is 1. The van der Waals surface area contributed by atoms with E-state index in [0.29, 0.717) is 6.42 Å². The van der Waals surface area contributed by atoms with E-state index in [0.717, 1.165) is 11.3 Å². The van der Waals surface area contributed by atoms with Gasteiger partial charge in [0.25, 0.3) is 0 Å². The van der Waals surface area contributed by atoms with Gasteiger partial charge in [0.1, 0.15) is 0 Å². The second-order valence-electron chi connectivity index (χ2n) is 2.95. The van der Waals surface area contributed by atoms with E-state index in [1.165, 1.54) is 9.13 Å². The van der Waals surface area contributed by atoms with E-state index in [4.69, 9.17) is 0 Å². The van der Waals surface area contributed by atoms with Crippen molar-refractivity contribution < 1.29 is 4.79 Å². The van der Waals surface area contributed by atoms with Crippen LogP contribution in [0.1, 0.15) is 11.1 Å². The average Bonchev–Trinajstić information content (AvgIpc) is 2.39. The number of fused-ring (bicyclic) bond motifs is 1. The Kier molecular flexibility index (Phi) is 1.83. The molecule has 3 heteroatoms. The third-order valence-electron chi connectivity index (χ3n) is 2.05. The molecule has 0 unspecified atom stereocenters. The van der Waals surface area contributed by atoms with E-state index >= 15 is 0 Å². The van der Waals surface area contributed by atoms with Gasteiger partial charge in [0.2, 0.25) is 5.91 Å². The largest absolute Gasteiger partial charge is 0.325 e. The van der Waals surface area contributed by atoms with E-state index in [1.807, 2.05) is 12.1 Å². The summed E-state index contributed by atoms with van der Waals surface area (Å²) < 4.78 is 1.21. The first-order valence-electron chi connectivity index (χ1n) is 3.76. The maximum absolute atomic E-state index is 11.0. The molecule has 62 valence electrons. The highest BCUT2D eigenvalue weighted by Crippen LogP contribution is 2.29. The van der Waals surface area contributed by atoms with Gasteiger partial charge in [-0.05, 0) is 46.7 Å². The molecule has 0 aliphatic carbocycles. The Labute approximate surface area is 84.5 Å². The van der Waals surface area contributed by atoms with Gasteiger partial charge in [-0.3, -0.25) is 4.79 Å². The lowest BCUT2D eigenvalue weighted by Gasteiger charge is -2.03. The molecule has 2 rings (SSSR count). The third-order valence-corrected chi connectivity index (χ3v) is 3.55. The molecule has 1 aliphatic rings. The van der Waals surface area contributed by atoms with Crippen LogP contribution < -0.4 is 5.32 Å². The van der Waals surface area contributed by atoms with Crippen LogP contribution in [0.15, 0.2) is 12.1 Å². The fourth-order valence-corrected chi connectivity index (χ4v) is 2.04. The smallest absolute Gasteiger partial charge is 0.228 e. The van der Waals surface area contributed by atoms with Crippen LogP contribution >= 0.6 is 22.6 Å². The normalized spacial score (nSPS) is 14.3. The summed E-state index contributed by atoms with van der Waals surface area (Å²) in [6.07, 6.45) is 0.537. The van der Waals surface area contributed by atoms with Crippen molar-refractivity contribution in [1.29, 1.82) is 0 Å². The molecule has 1 aromatic carbocycles. The van der Waals surface area contributed by atoms with Crippen LogP contribution in [0.4, 0.5) is 5.69 Å². The standard InChI is InChI=1S/C9H8INO/c1-5-2-3-7-6(9(5)10)4-8(12)11-7/h2-3H,4H2,1H3,(H,11,12). The summed E-state index contributed by atoms with van der Waals surface area (Å²) in [6, 6.07) is 4.00. The number of amides is 1. The van der Waals surface area contributed by atoms with Crippen LogP contribution in [0.25, 0.3) is 0 Å². The molecule has 12 heavy (non-hydrogen) atoms. The Balaban J connectivity index is 2.61. The Morgan fingerprint density at radius 3 is 3.00 bits per heavy atom. The molecule has 2 nitrogen and oxygen atoms in total. The maximum atomic E-state index is 11.0. The van der Waals surface area contributed by atoms with Gasteiger partial charge in [0.15, 0.2) is 0 Å². The van der Waals surface area contributed by atoms with Crippen molar-refractivity contribution in [2.75, 3.05) is 5.32 Å². The summed E-state index contributed by atoms with van der Waals surface area (Å²) in [4.78, 5) is 11.0. The third kappa shape index (κ3) is 1.12. The zero-order valence-corrected chi connectivity index (χ0v) is 8.81. The van der Waals surface area contributed by atoms with Crippen molar-refractivity contribution in [2.24, 2.45) is 0 Å². The van der Waals surface area contributed by atoms with Gasteiger partial charge in [-0.25, -0.2) is 0 Å². The topological polar surface area (TPSA) is 29.1 Å². The molecule has 0 aromatic heterocycles. The SMILES string of the molecule is Cc1ccc2c(c1I)CC(=O)N2. The first kappa shape index (κ1) is 8.04. The molecular formula is C9H8INO. The van der Waals surface area contributed by atoms with Crippen molar-refractivity contribution in [2.45, 2.75) is 13.3 Å².